The van der Waals surface area contributed by atoms with Crippen LogP contribution in [0.3, 0.4) is 0 Å². The van der Waals surface area contributed by atoms with E-state index in [1.165, 1.54) is 0 Å². The third kappa shape index (κ3) is 2.73. The molecular formula is C6H12N2O3. The van der Waals surface area contributed by atoms with Crippen LogP contribution in [-0.2, 0) is 4.74 Å². The standard InChI is InChI=1S/C6H12N2O3/c7-8-3-1-5(2-4-8)11-6(9)10/h5H,1-4,7H2,(H,9,10). The third-order valence-corrected chi connectivity index (χ3v) is 1.74. The van der Waals surface area contributed by atoms with Crippen LogP contribution in [0.4, 0.5) is 4.79 Å². The molecule has 0 unspecified atom stereocenters. The van der Waals surface area contributed by atoms with Gasteiger partial charge in [-0.15, -0.1) is 0 Å². The van der Waals surface area contributed by atoms with E-state index in [9.17, 15) is 4.79 Å². The molecule has 0 amide bonds. The first-order valence-corrected chi connectivity index (χ1v) is 3.57. The summed E-state index contributed by atoms with van der Waals surface area (Å²) in [7, 11) is 0. The SMILES string of the molecule is NN1CCC(OC(=O)O)CC1. The Bertz CT molecular complexity index is 143. The molecule has 1 heterocycles. The zero-order valence-electron chi connectivity index (χ0n) is 6.19. The zero-order chi connectivity index (χ0) is 8.27. The van der Waals surface area contributed by atoms with Gasteiger partial charge in [-0.05, 0) is 12.8 Å². The van der Waals surface area contributed by atoms with Crippen LogP contribution in [0.1, 0.15) is 12.8 Å². The molecule has 0 aromatic heterocycles. The van der Waals surface area contributed by atoms with E-state index < -0.39 is 6.16 Å². The first-order valence-electron chi connectivity index (χ1n) is 3.57. The number of ether oxygens (including phenoxy) is 1. The smallest absolute Gasteiger partial charge is 0.450 e. The molecule has 5 heteroatoms. The lowest BCUT2D eigenvalue weighted by atomic mass is 10.1. The highest BCUT2D eigenvalue weighted by molar-refractivity contribution is 5.57. The van der Waals surface area contributed by atoms with E-state index >= 15 is 0 Å². The summed E-state index contributed by atoms with van der Waals surface area (Å²) in [6.45, 7) is 1.41. The normalized spacial score (nSPS) is 21.5. The molecule has 1 aliphatic heterocycles. The molecule has 1 aliphatic rings. The molecule has 0 atom stereocenters. The molecule has 0 radical (unpaired) electrons. The van der Waals surface area contributed by atoms with E-state index in [0.717, 1.165) is 0 Å². The van der Waals surface area contributed by atoms with Crippen molar-refractivity contribution in [2.45, 2.75) is 18.9 Å². The Hall–Kier alpha value is -0.810. The van der Waals surface area contributed by atoms with Crippen molar-refractivity contribution in [3.63, 3.8) is 0 Å². The van der Waals surface area contributed by atoms with E-state index in [-0.39, 0.29) is 6.10 Å². The van der Waals surface area contributed by atoms with Gasteiger partial charge in [-0.3, -0.25) is 5.84 Å². The molecule has 3 N–H and O–H groups in total. The van der Waals surface area contributed by atoms with Crippen LogP contribution in [-0.4, -0.2) is 35.5 Å². The van der Waals surface area contributed by atoms with Gasteiger partial charge in [0.25, 0.3) is 0 Å². The number of piperidine rings is 1. The second-order valence-electron chi connectivity index (χ2n) is 2.62. The van der Waals surface area contributed by atoms with Crippen molar-refractivity contribution in [1.82, 2.24) is 5.01 Å². The van der Waals surface area contributed by atoms with Crippen LogP contribution in [0.25, 0.3) is 0 Å². The van der Waals surface area contributed by atoms with Crippen LogP contribution < -0.4 is 5.84 Å². The number of nitrogens with two attached hydrogens (primary N) is 1. The number of carboxylic acid groups (broad SMARTS) is 1. The lowest BCUT2D eigenvalue weighted by molar-refractivity contribution is 0.0198. The van der Waals surface area contributed by atoms with Gasteiger partial charge in [-0.25, -0.2) is 9.80 Å². The summed E-state index contributed by atoms with van der Waals surface area (Å²) in [5.74, 6) is 5.46. The van der Waals surface area contributed by atoms with Crippen LogP contribution in [0.5, 0.6) is 0 Å². The maximum Gasteiger partial charge on any atom is 0.506 e. The molecule has 0 bridgehead atoms. The Morgan fingerprint density at radius 3 is 2.55 bits per heavy atom. The monoisotopic (exact) mass is 160 g/mol. The number of hydrogen-bond acceptors (Lipinski definition) is 4. The van der Waals surface area contributed by atoms with Crippen LogP contribution in [0.15, 0.2) is 0 Å². The Morgan fingerprint density at radius 1 is 1.55 bits per heavy atom. The summed E-state index contributed by atoms with van der Waals surface area (Å²) in [5, 5.41) is 9.93. The second-order valence-corrected chi connectivity index (χ2v) is 2.62. The van der Waals surface area contributed by atoms with Crippen molar-refractivity contribution in [1.29, 1.82) is 0 Å². The molecule has 0 aliphatic carbocycles. The first-order chi connectivity index (χ1) is 5.18. The fraction of sp³-hybridized carbons (Fsp3) is 0.833. The lowest BCUT2D eigenvalue weighted by Gasteiger charge is -2.27. The summed E-state index contributed by atoms with van der Waals surface area (Å²) in [6, 6.07) is 0. The fourth-order valence-corrected chi connectivity index (χ4v) is 1.14. The quantitative estimate of drug-likeness (QED) is 0.417. The number of hydrazine groups is 1. The minimum Gasteiger partial charge on any atom is -0.450 e. The third-order valence-electron chi connectivity index (χ3n) is 1.74. The van der Waals surface area contributed by atoms with Gasteiger partial charge in [-0.2, -0.15) is 0 Å². The number of hydrogen-bond donors (Lipinski definition) is 2. The molecule has 11 heavy (non-hydrogen) atoms. The Morgan fingerprint density at radius 2 is 2.09 bits per heavy atom. The van der Waals surface area contributed by atoms with E-state index in [1.54, 1.807) is 5.01 Å². The number of nitrogens with zero attached hydrogens (tertiary/aromatic N) is 1. The Labute approximate surface area is 64.7 Å². The molecule has 0 aromatic rings. The predicted octanol–water partition coefficient (Wildman–Crippen LogP) is 0.0191. The van der Waals surface area contributed by atoms with Crippen molar-refractivity contribution < 1.29 is 14.6 Å². The minimum absolute atomic E-state index is 0.160. The molecule has 1 rings (SSSR count). The van der Waals surface area contributed by atoms with Crippen molar-refractivity contribution in [3.05, 3.63) is 0 Å². The van der Waals surface area contributed by atoms with Gasteiger partial charge >= 0.3 is 6.16 Å². The highest BCUT2D eigenvalue weighted by atomic mass is 16.7. The van der Waals surface area contributed by atoms with Gasteiger partial charge in [-0.1, -0.05) is 0 Å². The Kier molecular flexibility index (Phi) is 2.67. The lowest BCUT2D eigenvalue weighted by Crippen LogP contribution is -2.41. The van der Waals surface area contributed by atoms with E-state index in [4.69, 9.17) is 10.9 Å². The minimum atomic E-state index is -1.19. The summed E-state index contributed by atoms with van der Waals surface area (Å²) in [4.78, 5) is 10.1. The fourth-order valence-electron chi connectivity index (χ4n) is 1.14. The summed E-state index contributed by atoms with van der Waals surface area (Å²) < 4.78 is 4.57. The van der Waals surface area contributed by atoms with Crippen LogP contribution in [0.2, 0.25) is 0 Å². The highest BCUT2D eigenvalue weighted by Crippen LogP contribution is 2.10. The molecule has 0 aromatic carbocycles. The van der Waals surface area contributed by atoms with E-state index in [2.05, 4.69) is 4.74 Å². The zero-order valence-corrected chi connectivity index (χ0v) is 6.19. The average Bonchev–Trinajstić information content (AvgIpc) is 1.93. The van der Waals surface area contributed by atoms with Crippen molar-refractivity contribution in [3.8, 4) is 0 Å². The second kappa shape index (κ2) is 3.54. The van der Waals surface area contributed by atoms with Gasteiger partial charge in [0.2, 0.25) is 0 Å². The largest absolute Gasteiger partial charge is 0.506 e. The molecule has 1 fully saturated rings. The topological polar surface area (TPSA) is 75.8 Å². The summed E-state index contributed by atoms with van der Waals surface area (Å²) >= 11 is 0. The molecule has 1 saturated heterocycles. The maximum atomic E-state index is 10.1. The van der Waals surface area contributed by atoms with E-state index in [1.807, 2.05) is 0 Å². The molecule has 64 valence electrons. The summed E-state index contributed by atoms with van der Waals surface area (Å²) in [5.41, 5.74) is 0. The first kappa shape index (κ1) is 8.29. The summed E-state index contributed by atoms with van der Waals surface area (Å²) in [6.07, 6.45) is 0.0405. The van der Waals surface area contributed by atoms with Gasteiger partial charge in [0.05, 0.1) is 0 Å². The predicted molar refractivity (Wildman–Crippen MR) is 37.9 cm³/mol. The van der Waals surface area contributed by atoms with E-state index in [0.29, 0.717) is 25.9 Å². The van der Waals surface area contributed by atoms with Crippen LogP contribution in [0, 0.1) is 0 Å². The number of rotatable bonds is 1. The van der Waals surface area contributed by atoms with Gasteiger partial charge < -0.3 is 9.84 Å². The molecular weight excluding hydrogens is 148 g/mol. The van der Waals surface area contributed by atoms with Crippen LogP contribution >= 0.6 is 0 Å². The highest BCUT2D eigenvalue weighted by Gasteiger charge is 2.19. The van der Waals surface area contributed by atoms with Gasteiger partial charge in [0, 0.05) is 13.1 Å². The molecule has 5 nitrogen and oxygen atoms in total. The van der Waals surface area contributed by atoms with Crippen molar-refractivity contribution in [2.75, 3.05) is 13.1 Å². The Balaban J connectivity index is 2.22. The average molecular weight is 160 g/mol. The van der Waals surface area contributed by atoms with Crippen molar-refractivity contribution in [2.24, 2.45) is 5.84 Å². The van der Waals surface area contributed by atoms with Gasteiger partial charge in [0.15, 0.2) is 0 Å². The maximum absolute atomic E-state index is 10.1. The van der Waals surface area contributed by atoms with Crippen molar-refractivity contribution >= 4 is 6.16 Å². The molecule has 0 spiro atoms. The molecule has 0 saturated carbocycles. The van der Waals surface area contributed by atoms with Gasteiger partial charge in [0.1, 0.15) is 6.10 Å². The number of carbonyl (C=O) groups is 1.